The van der Waals surface area contributed by atoms with E-state index >= 15 is 0 Å². The van der Waals surface area contributed by atoms with Crippen LogP contribution in [0.5, 0.6) is 0 Å². The van der Waals surface area contributed by atoms with Gasteiger partial charge in [0.2, 0.25) is 0 Å². The van der Waals surface area contributed by atoms with Crippen LogP contribution in [-0.4, -0.2) is 21.1 Å². The molecule has 2 heterocycles. The molecule has 3 aromatic rings. The number of benzene rings is 1. The number of rotatable bonds is 8. The summed E-state index contributed by atoms with van der Waals surface area (Å²) in [6.45, 7) is 4.69. The van der Waals surface area contributed by atoms with Gasteiger partial charge in [0.25, 0.3) is 5.91 Å². The quantitative estimate of drug-likeness (QED) is 0.212. The first-order chi connectivity index (χ1) is 15.3. The van der Waals surface area contributed by atoms with Crippen molar-refractivity contribution >= 4 is 17.4 Å². The highest BCUT2D eigenvalue weighted by atomic mass is 16.2. The highest BCUT2D eigenvalue weighted by Gasteiger charge is 2.23. The van der Waals surface area contributed by atoms with Gasteiger partial charge in [0, 0.05) is 30.7 Å². The monoisotopic (exact) mass is 431 g/mol. The molecule has 4 rings (SSSR count). The van der Waals surface area contributed by atoms with Crippen LogP contribution in [0.4, 0.5) is 0 Å². The van der Waals surface area contributed by atoms with Gasteiger partial charge in [0.1, 0.15) is 17.2 Å². The van der Waals surface area contributed by atoms with Crippen LogP contribution < -0.4 is 22.1 Å². The van der Waals surface area contributed by atoms with Crippen molar-refractivity contribution in [1.29, 1.82) is 5.41 Å². The Balaban J connectivity index is 1.32. The number of hydrogen-bond donors (Lipinski definition) is 5. The number of amides is 1. The highest BCUT2D eigenvalue weighted by Crippen LogP contribution is 2.39. The Morgan fingerprint density at radius 3 is 2.56 bits per heavy atom. The van der Waals surface area contributed by atoms with Crippen LogP contribution in [0, 0.1) is 19.3 Å². The first-order valence-corrected chi connectivity index (χ1v) is 10.7. The predicted molar refractivity (Wildman–Crippen MR) is 125 cm³/mol. The smallest absolute Gasteiger partial charge is 0.268 e. The molecule has 0 unspecified atom stereocenters. The Labute approximate surface area is 187 Å². The van der Waals surface area contributed by atoms with E-state index in [0.29, 0.717) is 24.6 Å². The molecule has 8 nitrogen and oxygen atoms in total. The molecule has 1 aliphatic carbocycles. The van der Waals surface area contributed by atoms with Crippen molar-refractivity contribution in [2.24, 2.45) is 11.5 Å². The fourth-order valence-corrected chi connectivity index (χ4v) is 3.83. The molecule has 0 atom stereocenters. The lowest BCUT2D eigenvalue weighted by Crippen LogP contribution is -2.30. The summed E-state index contributed by atoms with van der Waals surface area (Å²) in [5.41, 5.74) is 18.3. The van der Waals surface area contributed by atoms with Crippen LogP contribution in [0.25, 0.3) is 5.65 Å². The maximum atomic E-state index is 12.4. The van der Waals surface area contributed by atoms with Gasteiger partial charge < -0.3 is 26.5 Å². The van der Waals surface area contributed by atoms with Crippen molar-refractivity contribution in [2.45, 2.75) is 45.7 Å². The zero-order valence-corrected chi connectivity index (χ0v) is 18.4. The molecule has 1 amide bonds. The van der Waals surface area contributed by atoms with Gasteiger partial charge in [-0.1, -0.05) is 6.07 Å². The largest absolute Gasteiger partial charge is 0.393 e. The molecule has 0 aliphatic heterocycles. The Morgan fingerprint density at radius 2 is 1.91 bits per heavy atom. The van der Waals surface area contributed by atoms with E-state index < -0.39 is 0 Å². The Hall–Kier alpha value is -3.81. The number of aryl methyl sites for hydroxylation is 2. The first-order valence-electron chi connectivity index (χ1n) is 10.7. The second-order valence-corrected chi connectivity index (χ2v) is 8.40. The lowest BCUT2D eigenvalue weighted by Gasteiger charge is -2.13. The summed E-state index contributed by atoms with van der Waals surface area (Å²) in [5.74, 6) is 0.374. The van der Waals surface area contributed by atoms with Gasteiger partial charge in [0.05, 0.1) is 12.2 Å². The molecular weight excluding hydrogens is 402 g/mol. The maximum absolute atomic E-state index is 12.4. The SMILES string of the molecule is Cc1cc(C(=N)N)cc(C)c1CNC(=O)/C(N)=C/NCc1cn2cc(C3CC3)ccc2n1. The van der Waals surface area contributed by atoms with Gasteiger partial charge in [-0.3, -0.25) is 10.2 Å². The molecule has 7 N–H and O–H groups in total. The number of carbonyl (C=O) groups excluding carboxylic acids is 1. The normalized spacial score (nSPS) is 13.9. The summed E-state index contributed by atoms with van der Waals surface area (Å²) >= 11 is 0. The second-order valence-electron chi connectivity index (χ2n) is 8.40. The maximum Gasteiger partial charge on any atom is 0.268 e. The molecule has 0 bridgehead atoms. The number of fused-ring (bicyclic) bond motifs is 1. The Kier molecular flexibility index (Phi) is 5.85. The third kappa shape index (κ3) is 4.74. The third-order valence-electron chi connectivity index (χ3n) is 5.81. The number of amidine groups is 1. The van der Waals surface area contributed by atoms with Crippen molar-refractivity contribution in [1.82, 2.24) is 20.0 Å². The summed E-state index contributed by atoms with van der Waals surface area (Å²) < 4.78 is 2.05. The van der Waals surface area contributed by atoms with E-state index in [1.54, 1.807) is 0 Å². The van der Waals surface area contributed by atoms with Gasteiger partial charge >= 0.3 is 0 Å². The van der Waals surface area contributed by atoms with E-state index in [9.17, 15) is 4.79 Å². The zero-order valence-electron chi connectivity index (χ0n) is 18.4. The van der Waals surface area contributed by atoms with E-state index in [4.69, 9.17) is 16.9 Å². The van der Waals surface area contributed by atoms with Crippen molar-refractivity contribution < 1.29 is 4.79 Å². The van der Waals surface area contributed by atoms with Crippen LogP contribution in [0.1, 0.15) is 52.3 Å². The number of aromatic nitrogens is 2. The molecule has 1 aromatic carbocycles. The summed E-state index contributed by atoms with van der Waals surface area (Å²) in [4.78, 5) is 17.0. The zero-order chi connectivity index (χ0) is 22.8. The molecule has 1 fully saturated rings. The van der Waals surface area contributed by atoms with E-state index in [2.05, 4.69) is 27.9 Å². The Morgan fingerprint density at radius 1 is 1.19 bits per heavy atom. The van der Waals surface area contributed by atoms with Crippen LogP contribution >= 0.6 is 0 Å². The summed E-state index contributed by atoms with van der Waals surface area (Å²) in [7, 11) is 0. The predicted octanol–water partition coefficient (Wildman–Crippen LogP) is 2.32. The van der Waals surface area contributed by atoms with E-state index in [0.717, 1.165) is 28.0 Å². The van der Waals surface area contributed by atoms with Crippen molar-refractivity contribution in [2.75, 3.05) is 0 Å². The van der Waals surface area contributed by atoms with Gasteiger partial charge in [-0.2, -0.15) is 0 Å². The van der Waals surface area contributed by atoms with Crippen LogP contribution in [0.2, 0.25) is 0 Å². The van der Waals surface area contributed by atoms with Crippen LogP contribution in [-0.2, 0) is 17.9 Å². The lowest BCUT2D eigenvalue weighted by atomic mass is 9.99. The van der Waals surface area contributed by atoms with Crippen LogP contribution in [0.3, 0.4) is 0 Å². The average molecular weight is 432 g/mol. The number of nitrogens with zero attached hydrogens (tertiary/aromatic N) is 2. The van der Waals surface area contributed by atoms with Crippen LogP contribution in [0.15, 0.2) is 48.6 Å². The van der Waals surface area contributed by atoms with E-state index in [1.807, 2.05) is 42.6 Å². The number of imidazole rings is 1. The fourth-order valence-electron chi connectivity index (χ4n) is 3.83. The summed E-state index contributed by atoms with van der Waals surface area (Å²) in [6.07, 6.45) is 8.18. The molecular formula is C24H29N7O. The van der Waals surface area contributed by atoms with Gasteiger partial charge in [0.15, 0.2) is 0 Å². The Bertz CT molecular complexity index is 1200. The number of hydrogen-bond acceptors (Lipinski definition) is 5. The molecule has 0 saturated heterocycles. The number of nitrogens with two attached hydrogens (primary N) is 2. The minimum Gasteiger partial charge on any atom is -0.393 e. The molecule has 8 heteroatoms. The summed E-state index contributed by atoms with van der Waals surface area (Å²) in [5, 5.41) is 13.5. The van der Waals surface area contributed by atoms with Crippen molar-refractivity contribution in [3.8, 4) is 0 Å². The summed E-state index contributed by atoms with van der Waals surface area (Å²) in [6, 6.07) is 7.89. The number of nitrogens with one attached hydrogen (secondary N) is 3. The number of pyridine rings is 1. The third-order valence-corrected chi connectivity index (χ3v) is 5.81. The van der Waals surface area contributed by atoms with Crippen molar-refractivity contribution in [3.63, 3.8) is 0 Å². The minimum atomic E-state index is -0.351. The molecule has 32 heavy (non-hydrogen) atoms. The van der Waals surface area contributed by atoms with Gasteiger partial charge in [-0.15, -0.1) is 0 Å². The fraction of sp³-hybridized carbons (Fsp3) is 0.292. The van der Waals surface area contributed by atoms with E-state index in [1.165, 1.54) is 24.6 Å². The van der Waals surface area contributed by atoms with Gasteiger partial charge in [-0.25, -0.2) is 4.98 Å². The molecule has 0 radical (unpaired) electrons. The second kappa shape index (κ2) is 8.74. The highest BCUT2D eigenvalue weighted by molar-refractivity contribution is 5.95. The van der Waals surface area contributed by atoms with E-state index in [-0.39, 0.29) is 17.4 Å². The number of carbonyl (C=O) groups is 1. The lowest BCUT2D eigenvalue weighted by molar-refractivity contribution is -0.117. The average Bonchev–Trinajstić information content (AvgIpc) is 3.52. The molecule has 0 spiro atoms. The molecule has 1 aliphatic rings. The molecule has 2 aromatic heterocycles. The minimum absolute atomic E-state index is 0.0269. The first kappa shape index (κ1) is 21.4. The number of nitrogen functional groups attached to an aromatic ring is 1. The molecule has 166 valence electrons. The van der Waals surface area contributed by atoms with Crippen molar-refractivity contribution in [3.05, 3.63) is 82.1 Å². The van der Waals surface area contributed by atoms with Gasteiger partial charge in [-0.05, 0) is 73.1 Å². The topological polar surface area (TPSA) is 134 Å². The standard InChI is InChI=1S/C24H29N7O/c1-14-7-18(23(26)27)8-15(2)20(14)10-29-24(32)21(25)11-28-9-19-13-31-12-17(16-3-4-16)5-6-22(31)30-19/h5-8,11-13,16,28H,3-4,9-10,25H2,1-2H3,(H3,26,27)(H,29,32)/b21-11-. The molecule has 1 saturated carbocycles.